The van der Waals surface area contributed by atoms with Crippen LogP contribution in [0, 0.1) is 0 Å². The van der Waals surface area contributed by atoms with Gasteiger partial charge in [-0.3, -0.25) is 0 Å². The zero-order valence-corrected chi connectivity index (χ0v) is 11.9. The van der Waals surface area contributed by atoms with Crippen LogP contribution in [0.4, 0.5) is 24.7 Å². The fraction of sp³-hybridized carbons (Fsp3) is 0.0909. The smallest absolute Gasteiger partial charge is 0.405 e. The van der Waals surface area contributed by atoms with Crippen molar-refractivity contribution in [2.75, 3.05) is 5.32 Å². The Morgan fingerprint density at radius 2 is 1.95 bits per heavy atom. The van der Waals surface area contributed by atoms with E-state index in [-0.39, 0.29) is 15.4 Å². The van der Waals surface area contributed by atoms with Crippen molar-refractivity contribution in [2.45, 2.75) is 6.36 Å². The van der Waals surface area contributed by atoms with Gasteiger partial charge in [0.1, 0.15) is 23.0 Å². The summed E-state index contributed by atoms with van der Waals surface area (Å²) in [6.45, 7) is 0. The van der Waals surface area contributed by atoms with Gasteiger partial charge in [0.25, 0.3) is 0 Å². The maximum atomic E-state index is 12.1. The molecule has 0 unspecified atom stereocenters. The maximum absolute atomic E-state index is 12.1. The standard InChI is InChI=1S/C11H6BrClF3N3O/c12-7-3-6(1-2-8(7)20-11(14,15)16)19-10-4-9(13)17-5-18-10/h1-5H,(H,17,18,19). The summed E-state index contributed by atoms with van der Waals surface area (Å²) >= 11 is 8.70. The van der Waals surface area contributed by atoms with Crippen molar-refractivity contribution in [3.63, 3.8) is 0 Å². The monoisotopic (exact) mass is 367 g/mol. The Morgan fingerprint density at radius 1 is 1.20 bits per heavy atom. The molecule has 0 spiro atoms. The van der Waals surface area contributed by atoms with E-state index in [9.17, 15) is 13.2 Å². The number of nitrogens with one attached hydrogen (secondary N) is 1. The van der Waals surface area contributed by atoms with Gasteiger partial charge < -0.3 is 10.1 Å². The maximum Gasteiger partial charge on any atom is 0.573 e. The Bertz CT molecular complexity index is 624. The summed E-state index contributed by atoms with van der Waals surface area (Å²) in [6.07, 6.45) is -3.47. The van der Waals surface area contributed by atoms with Crippen molar-refractivity contribution in [1.82, 2.24) is 9.97 Å². The number of hydrogen-bond acceptors (Lipinski definition) is 4. The molecule has 1 N–H and O–H groups in total. The summed E-state index contributed by atoms with van der Waals surface area (Å²) in [5.41, 5.74) is 0.515. The summed E-state index contributed by atoms with van der Waals surface area (Å²) in [6, 6.07) is 5.51. The largest absolute Gasteiger partial charge is 0.573 e. The van der Waals surface area contributed by atoms with Crippen LogP contribution in [0.2, 0.25) is 5.15 Å². The summed E-state index contributed by atoms with van der Waals surface area (Å²) in [4.78, 5) is 7.63. The summed E-state index contributed by atoms with van der Waals surface area (Å²) < 4.78 is 40.4. The molecule has 1 aromatic carbocycles. The minimum atomic E-state index is -4.74. The minimum absolute atomic E-state index is 0.153. The van der Waals surface area contributed by atoms with Crippen molar-refractivity contribution in [3.8, 4) is 5.75 Å². The number of hydrogen-bond donors (Lipinski definition) is 1. The zero-order chi connectivity index (χ0) is 14.8. The molecule has 0 amide bonds. The highest BCUT2D eigenvalue weighted by molar-refractivity contribution is 9.10. The van der Waals surface area contributed by atoms with E-state index in [2.05, 4.69) is 36.0 Å². The van der Waals surface area contributed by atoms with E-state index in [0.29, 0.717) is 11.5 Å². The number of rotatable bonds is 3. The van der Waals surface area contributed by atoms with Gasteiger partial charge in [0.2, 0.25) is 0 Å². The molecule has 2 aromatic rings. The van der Waals surface area contributed by atoms with Crippen molar-refractivity contribution >= 4 is 39.0 Å². The van der Waals surface area contributed by atoms with E-state index in [1.165, 1.54) is 30.6 Å². The third-order valence-electron chi connectivity index (χ3n) is 2.06. The third-order valence-corrected chi connectivity index (χ3v) is 2.89. The first-order valence-electron chi connectivity index (χ1n) is 5.13. The molecule has 106 valence electrons. The second kappa shape index (κ2) is 5.84. The van der Waals surface area contributed by atoms with E-state index in [0.717, 1.165) is 0 Å². The van der Waals surface area contributed by atoms with Crippen LogP contribution in [-0.2, 0) is 0 Å². The fourth-order valence-corrected chi connectivity index (χ4v) is 1.94. The molecule has 1 aromatic heterocycles. The molecule has 9 heteroatoms. The van der Waals surface area contributed by atoms with Gasteiger partial charge in [0, 0.05) is 11.8 Å². The second-order valence-corrected chi connectivity index (χ2v) is 4.79. The van der Waals surface area contributed by atoms with Crippen LogP contribution in [0.1, 0.15) is 0 Å². The predicted octanol–water partition coefficient (Wildman–Crippen LogP) is 4.53. The Kier molecular flexibility index (Phi) is 4.34. The Balaban J connectivity index is 2.17. The molecule has 2 rings (SSSR count). The average Bonchev–Trinajstić information content (AvgIpc) is 2.31. The zero-order valence-electron chi connectivity index (χ0n) is 9.58. The number of alkyl halides is 3. The SMILES string of the molecule is FC(F)(F)Oc1ccc(Nc2cc(Cl)ncn2)cc1Br. The van der Waals surface area contributed by atoms with Crippen molar-refractivity contribution in [1.29, 1.82) is 0 Å². The summed E-state index contributed by atoms with van der Waals surface area (Å²) in [5, 5.41) is 3.12. The van der Waals surface area contributed by atoms with E-state index in [1.54, 1.807) is 0 Å². The van der Waals surface area contributed by atoms with Crippen LogP contribution < -0.4 is 10.1 Å². The normalized spacial score (nSPS) is 11.2. The Labute approximate surface area is 125 Å². The van der Waals surface area contributed by atoms with Gasteiger partial charge in [-0.1, -0.05) is 11.6 Å². The lowest BCUT2D eigenvalue weighted by Crippen LogP contribution is -2.17. The summed E-state index contributed by atoms with van der Waals surface area (Å²) in [7, 11) is 0. The highest BCUT2D eigenvalue weighted by Crippen LogP contribution is 2.33. The second-order valence-electron chi connectivity index (χ2n) is 3.54. The molecule has 0 fully saturated rings. The quantitative estimate of drug-likeness (QED) is 0.808. The molecule has 0 atom stereocenters. The molecule has 20 heavy (non-hydrogen) atoms. The molecule has 0 aliphatic carbocycles. The highest BCUT2D eigenvalue weighted by atomic mass is 79.9. The van der Waals surface area contributed by atoms with Crippen LogP contribution >= 0.6 is 27.5 Å². The van der Waals surface area contributed by atoms with E-state index < -0.39 is 6.36 Å². The number of aromatic nitrogens is 2. The molecule has 4 nitrogen and oxygen atoms in total. The molecule has 0 radical (unpaired) electrons. The van der Waals surface area contributed by atoms with Gasteiger partial charge >= 0.3 is 6.36 Å². The molecule has 0 saturated carbocycles. The molecular formula is C11H6BrClF3N3O. The molecular weight excluding hydrogens is 362 g/mol. The number of halogens is 5. The Hall–Kier alpha value is -1.54. The number of benzene rings is 1. The topological polar surface area (TPSA) is 47.0 Å². The van der Waals surface area contributed by atoms with Crippen LogP contribution in [-0.4, -0.2) is 16.3 Å². The molecule has 0 saturated heterocycles. The number of nitrogens with zero attached hydrogens (tertiary/aromatic N) is 2. The summed E-state index contributed by atoms with van der Waals surface area (Å²) in [5.74, 6) is 0.0881. The van der Waals surface area contributed by atoms with Crippen molar-refractivity contribution < 1.29 is 17.9 Å². The lowest BCUT2D eigenvalue weighted by Gasteiger charge is -2.12. The van der Waals surface area contributed by atoms with Crippen LogP contribution in [0.15, 0.2) is 35.1 Å². The molecule has 0 aliphatic rings. The number of ether oxygens (including phenoxy) is 1. The van der Waals surface area contributed by atoms with E-state index >= 15 is 0 Å². The third kappa shape index (κ3) is 4.24. The van der Waals surface area contributed by atoms with Crippen molar-refractivity contribution in [3.05, 3.63) is 40.2 Å². The minimum Gasteiger partial charge on any atom is -0.405 e. The van der Waals surface area contributed by atoms with E-state index in [1.807, 2.05) is 0 Å². The van der Waals surface area contributed by atoms with Crippen LogP contribution in [0.3, 0.4) is 0 Å². The first-order chi connectivity index (χ1) is 9.33. The van der Waals surface area contributed by atoms with Gasteiger partial charge in [0.15, 0.2) is 0 Å². The lowest BCUT2D eigenvalue weighted by molar-refractivity contribution is -0.274. The predicted molar refractivity (Wildman–Crippen MR) is 71.1 cm³/mol. The van der Waals surface area contributed by atoms with Gasteiger partial charge in [-0.05, 0) is 34.1 Å². The lowest BCUT2D eigenvalue weighted by atomic mass is 10.3. The van der Waals surface area contributed by atoms with Crippen LogP contribution in [0.5, 0.6) is 5.75 Å². The van der Waals surface area contributed by atoms with Crippen LogP contribution in [0.25, 0.3) is 0 Å². The van der Waals surface area contributed by atoms with Crippen molar-refractivity contribution in [2.24, 2.45) is 0 Å². The van der Waals surface area contributed by atoms with Gasteiger partial charge in [0.05, 0.1) is 4.47 Å². The number of anilines is 2. The van der Waals surface area contributed by atoms with Gasteiger partial charge in [-0.25, -0.2) is 9.97 Å². The fourth-order valence-electron chi connectivity index (χ4n) is 1.34. The molecule has 0 bridgehead atoms. The van der Waals surface area contributed by atoms with Gasteiger partial charge in [-0.2, -0.15) is 0 Å². The Morgan fingerprint density at radius 3 is 2.55 bits per heavy atom. The van der Waals surface area contributed by atoms with Gasteiger partial charge in [-0.15, -0.1) is 13.2 Å². The average molecular weight is 369 g/mol. The molecule has 1 heterocycles. The highest BCUT2D eigenvalue weighted by Gasteiger charge is 2.31. The first-order valence-corrected chi connectivity index (χ1v) is 6.30. The first kappa shape index (κ1) is 14.9. The van der Waals surface area contributed by atoms with E-state index in [4.69, 9.17) is 11.6 Å². The molecule has 0 aliphatic heterocycles.